The van der Waals surface area contributed by atoms with Gasteiger partial charge in [0.15, 0.2) is 6.61 Å². The monoisotopic (exact) mass is 546 g/mol. The molecule has 37 heavy (non-hydrogen) atoms. The number of alkyl halides is 6. The summed E-state index contributed by atoms with van der Waals surface area (Å²) in [5.74, 6) is -0.985. The van der Waals surface area contributed by atoms with Gasteiger partial charge in [-0.1, -0.05) is 12.1 Å². The summed E-state index contributed by atoms with van der Waals surface area (Å²) in [6.07, 6.45) is -10.1. The minimum Gasteiger partial charge on any atom is -0.484 e. The molecule has 0 aliphatic heterocycles. The maximum atomic E-state index is 13.0. The minimum atomic E-state index is -5.06. The molecule has 0 spiro atoms. The van der Waals surface area contributed by atoms with Gasteiger partial charge >= 0.3 is 12.4 Å². The highest BCUT2D eigenvalue weighted by Gasteiger charge is 2.37. The number of carbonyl (C=O) groups excluding carboxylic acids is 1. The van der Waals surface area contributed by atoms with E-state index in [4.69, 9.17) is 4.74 Å². The average Bonchev–Trinajstić information content (AvgIpc) is 2.79. The lowest BCUT2D eigenvalue weighted by atomic mass is 10.1. The van der Waals surface area contributed by atoms with Crippen molar-refractivity contribution in [2.75, 3.05) is 16.6 Å². The second kappa shape index (κ2) is 10.3. The number of nitrogens with one attached hydrogen (secondary N) is 2. The van der Waals surface area contributed by atoms with E-state index in [9.17, 15) is 39.6 Å². The second-order valence-electron chi connectivity index (χ2n) is 8.03. The number of sulfonamides is 1. The maximum absolute atomic E-state index is 13.0. The summed E-state index contributed by atoms with van der Waals surface area (Å²) in [7, 11) is -3.94. The van der Waals surface area contributed by atoms with Crippen LogP contribution in [0, 0.1) is 13.8 Å². The van der Waals surface area contributed by atoms with Crippen LogP contribution < -0.4 is 14.8 Å². The van der Waals surface area contributed by atoms with Crippen LogP contribution in [-0.2, 0) is 27.2 Å². The van der Waals surface area contributed by atoms with Crippen LogP contribution >= 0.6 is 0 Å². The highest BCUT2D eigenvalue weighted by molar-refractivity contribution is 7.92. The molecule has 3 rings (SSSR count). The van der Waals surface area contributed by atoms with E-state index in [-0.39, 0.29) is 16.7 Å². The molecule has 0 aliphatic carbocycles. The van der Waals surface area contributed by atoms with Crippen LogP contribution in [0.15, 0.2) is 65.6 Å². The Balaban J connectivity index is 1.67. The van der Waals surface area contributed by atoms with Gasteiger partial charge in [-0.15, -0.1) is 0 Å². The lowest BCUT2D eigenvalue weighted by Crippen LogP contribution is -2.21. The van der Waals surface area contributed by atoms with Crippen LogP contribution in [0.4, 0.5) is 37.7 Å². The lowest BCUT2D eigenvalue weighted by molar-refractivity contribution is -0.143. The Labute approximate surface area is 208 Å². The van der Waals surface area contributed by atoms with Gasteiger partial charge in [0.1, 0.15) is 5.75 Å². The van der Waals surface area contributed by atoms with E-state index in [0.717, 1.165) is 5.56 Å². The summed E-state index contributed by atoms with van der Waals surface area (Å²) >= 11 is 0. The fraction of sp³-hybridized carbons (Fsp3) is 0.208. The second-order valence-corrected chi connectivity index (χ2v) is 9.71. The van der Waals surface area contributed by atoms with Crippen LogP contribution in [0.2, 0.25) is 0 Å². The first kappa shape index (κ1) is 27.8. The van der Waals surface area contributed by atoms with Crippen molar-refractivity contribution in [1.82, 2.24) is 0 Å². The standard InChI is InChI=1S/C24H20F6N2O4S/c1-14-3-4-15(2)21(9-14)32-37(34,35)20-7-5-19(6-8-20)36-13-22(33)31-18-11-16(23(25,26)27)10-17(12-18)24(28,29)30/h3-12,32H,13H2,1-2H3,(H,31,33). The first-order valence-corrected chi connectivity index (χ1v) is 12.0. The van der Waals surface area contributed by atoms with E-state index in [1.54, 1.807) is 19.1 Å². The minimum absolute atomic E-state index is 0.0425. The van der Waals surface area contributed by atoms with Crippen LogP contribution in [-0.4, -0.2) is 20.9 Å². The molecule has 0 saturated carbocycles. The number of hydrogen-bond acceptors (Lipinski definition) is 4. The number of anilines is 2. The first-order chi connectivity index (χ1) is 17.0. The highest BCUT2D eigenvalue weighted by Crippen LogP contribution is 2.37. The normalized spacial score (nSPS) is 12.2. The van der Waals surface area contributed by atoms with Gasteiger partial charge in [0.2, 0.25) is 0 Å². The van der Waals surface area contributed by atoms with E-state index >= 15 is 0 Å². The zero-order chi connectivity index (χ0) is 27.6. The number of amides is 1. The van der Waals surface area contributed by atoms with Crippen molar-refractivity contribution < 1.29 is 44.3 Å². The van der Waals surface area contributed by atoms with Crippen molar-refractivity contribution in [2.45, 2.75) is 31.1 Å². The fourth-order valence-electron chi connectivity index (χ4n) is 3.14. The third kappa shape index (κ3) is 7.38. The van der Waals surface area contributed by atoms with Gasteiger partial charge < -0.3 is 10.1 Å². The van der Waals surface area contributed by atoms with Gasteiger partial charge in [-0.2, -0.15) is 26.3 Å². The molecule has 0 atom stereocenters. The van der Waals surface area contributed by atoms with Crippen molar-refractivity contribution in [1.29, 1.82) is 0 Å². The molecule has 0 fully saturated rings. The summed E-state index contributed by atoms with van der Waals surface area (Å²) < 4.78 is 111. The van der Waals surface area contributed by atoms with Crippen LogP contribution in [0.5, 0.6) is 5.75 Å². The van der Waals surface area contributed by atoms with Gasteiger partial charge in [0.05, 0.1) is 21.7 Å². The number of carbonyl (C=O) groups is 1. The SMILES string of the molecule is Cc1ccc(C)c(NS(=O)(=O)c2ccc(OCC(=O)Nc3cc(C(F)(F)F)cc(C(F)(F)F)c3)cc2)c1. The van der Waals surface area contributed by atoms with Gasteiger partial charge in [0.25, 0.3) is 15.9 Å². The number of aryl methyl sites for hydroxylation is 2. The topological polar surface area (TPSA) is 84.5 Å². The predicted molar refractivity (Wildman–Crippen MR) is 124 cm³/mol. The van der Waals surface area contributed by atoms with Crippen LogP contribution in [0.1, 0.15) is 22.3 Å². The van der Waals surface area contributed by atoms with E-state index in [1.807, 2.05) is 18.3 Å². The molecule has 0 unspecified atom stereocenters. The van der Waals surface area contributed by atoms with Crippen molar-refractivity contribution in [3.05, 3.63) is 82.9 Å². The number of benzene rings is 3. The van der Waals surface area contributed by atoms with E-state index < -0.39 is 51.7 Å². The smallest absolute Gasteiger partial charge is 0.416 e. The zero-order valence-electron chi connectivity index (χ0n) is 19.3. The Kier molecular flexibility index (Phi) is 7.77. The third-order valence-corrected chi connectivity index (χ3v) is 6.39. The Hall–Kier alpha value is -3.74. The third-order valence-electron chi connectivity index (χ3n) is 5.01. The molecule has 0 aromatic heterocycles. The van der Waals surface area contributed by atoms with Crippen LogP contribution in [0.3, 0.4) is 0 Å². The molecule has 3 aromatic carbocycles. The Bertz CT molecular complexity index is 1370. The number of rotatable bonds is 7. The van der Waals surface area contributed by atoms with Crippen molar-refractivity contribution in [3.8, 4) is 5.75 Å². The fourth-order valence-corrected chi connectivity index (χ4v) is 4.26. The zero-order valence-corrected chi connectivity index (χ0v) is 20.1. The molecule has 13 heteroatoms. The van der Waals surface area contributed by atoms with Gasteiger partial charge in [-0.05, 0) is 73.5 Å². The summed E-state index contributed by atoms with van der Waals surface area (Å²) in [4.78, 5) is 12.0. The van der Waals surface area contributed by atoms with Crippen molar-refractivity contribution >= 4 is 27.3 Å². The van der Waals surface area contributed by atoms with E-state index in [0.29, 0.717) is 23.4 Å². The molecule has 198 valence electrons. The molecule has 1 amide bonds. The molecule has 0 radical (unpaired) electrons. The maximum Gasteiger partial charge on any atom is 0.416 e. The molecule has 6 nitrogen and oxygen atoms in total. The molecule has 0 saturated heterocycles. The highest BCUT2D eigenvalue weighted by atomic mass is 32.2. The van der Waals surface area contributed by atoms with E-state index in [1.165, 1.54) is 24.3 Å². The van der Waals surface area contributed by atoms with Crippen molar-refractivity contribution in [2.24, 2.45) is 0 Å². The molecule has 0 heterocycles. The molecular weight excluding hydrogens is 526 g/mol. The van der Waals surface area contributed by atoms with Gasteiger partial charge in [-0.3, -0.25) is 9.52 Å². The molecule has 0 bridgehead atoms. The first-order valence-electron chi connectivity index (χ1n) is 10.5. The summed E-state index contributed by atoms with van der Waals surface area (Å²) in [5.41, 5.74) is -1.90. The Morgan fingerprint density at radius 1 is 0.838 bits per heavy atom. The Morgan fingerprint density at radius 3 is 1.95 bits per heavy atom. The summed E-state index contributed by atoms with van der Waals surface area (Å²) in [6, 6.07) is 10.9. The quantitative estimate of drug-likeness (QED) is 0.348. The number of hydrogen-bond donors (Lipinski definition) is 2. The summed E-state index contributed by atoms with van der Waals surface area (Å²) in [5, 5.41) is 1.94. The van der Waals surface area contributed by atoms with Crippen LogP contribution in [0.25, 0.3) is 0 Å². The largest absolute Gasteiger partial charge is 0.484 e. The van der Waals surface area contributed by atoms with Gasteiger partial charge in [-0.25, -0.2) is 8.42 Å². The van der Waals surface area contributed by atoms with Crippen molar-refractivity contribution in [3.63, 3.8) is 0 Å². The lowest BCUT2D eigenvalue weighted by Gasteiger charge is -2.15. The predicted octanol–water partition coefficient (Wildman–Crippen LogP) is 6.16. The molecule has 3 aromatic rings. The average molecular weight is 546 g/mol. The molecule has 2 N–H and O–H groups in total. The number of ether oxygens (including phenoxy) is 1. The Morgan fingerprint density at radius 2 is 1.41 bits per heavy atom. The molecular formula is C24H20F6N2O4S. The number of halogens is 6. The van der Waals surface area contributed by atoms with E-state index in [2.05, 4.69) is 4.72 Å². The van der Waals surface area contributed by atoms with Gasteiger partial charge in [0, 0.05) is 5.69 Å². The summed E-state index contributed by atoms with van der Waals surface area (Å²) in [6.45, 7) is 2.79. The molecule has 0 aliphatic rings.